The first kappa shape index (κ1) is 20.3. The Morgan fingerprint density at radius 3 is 2.81 bits per heavy atom. The molecule has 0 aromatic heterocycles. The van der Waals surface area contributed by atoms with E-state index in [1.54, 1.807) is 25.3 Å². The first-order chi connectivity index (χ1) is 12.2. The molecule has 1 fully saturated rings. The molecule has 0 radical (unpaired) electrons. The molecule has 0 unspecified atom stereocenters. The highest BCUT2D eigenvalue weighted by Gasteiger charge is 2.39. The highest BCUT2D eigenvalue weighted by Crippen LogP contribution is 2.50. The standard InChI is InChI=1S/C21H24FNO2.ClH/c1-3-10-25-21-9-8-17(22)12-19(21)18-11-16(18)14-23-13-15-6-4-5-7-20(15)24-2;/h3-9,12,16,18,23H,1,10-11,13-14H2,2H3;1H/t16-,18+;/m1./s1. The van der Waals surface area contributed by atoms with Crippen LogP contribution in [-0.4, -0.2) is 20.3 Å². The van der Waals surface area contributed by atoms with Crippen LogP contribution < -0.4 is 14.8 Å². The molecule has 1 saturated carbocycles. The summed E-state index contributed by atoms with van der Waals surface area (Å²) < 4.78 is 24.7. The zero-order valence-corrected chi connectivity index (χ0v) is 15.7. The van der Waals surface area contributed by atoms with Crippen molar-refractivity contribution >= 4 is 12.4 Å². The van der Waals surface area contributed by atoms with Crippen LogP contribution in [0.4, 0.5) is 4.39 Å². The number of para-hydroxylation sites is 1. The maximum Gasteiger partial charge on any atom is 0.123 e. The van der Waals surface area contributed by atoms with Crippen molar-refractivity contribution in [1.29, 1.82) is 0 Å². The molecule has 2 aromatic rings. The summed E-state index contributed by atoms with van der Waals surface area (Å²) in [4.78, 5) is 0. The van der Waals surface area contributed by atoms with Gasteiger partial charge in [0, 0.05) is 17.7 Å². The summed E-state index contributed by atoms with van der Waals surface area (Å²) in [5.41, 5.74) is 2.11. The third kappa shape index (κ3) is 4.99. The number of benzene rings is 2. The van der Waals surface area contributed by atoms with Crippen molar-refractivity contribution < 1.29 is 13.9 Å². The van der Waals surface area contributed by atoms with Gasteiger partial charge >= 0.3 is 0 Å². The van der Waals surface area contributed by atoms with Crippen molar-refractivity contribution in [2.45, 2.75) is 18.9 Å². The zero-order chi connectivity index (χ0) is 17.6. The SMILES string of the molecule is C=CCOc1ccc(F)cc1[C@H]1C[C@@H]1CNCc1ccccc1OC.Cl. The minimum atomic E-state index is -0.214. The molecule has 3 nitrogen and oxygen atoms in total. The van der Waals surface area contributed by atoms with Crippen molar-refractivity contribution in [3.63, 3.8) is 0 Å². The number of halogens is 2. The maximum atomic E-state index is 13.6. The van der Waals surface area contributed by atoms with E-state index in [0.717, 1.165) is 42.1 Å². The van der Waals surface area contributed by atoms with Gasteiger partial charge in [-0.2, -0.15) is 0 Å². The molecule has 1 aliphatic carbocycles. The number of hydrogen-bond donors (Lipinski definition) is 1. The van der Waals surface area contributed by atoms with E-state index in [4.69, 9.17) is 9.47 Å². The Bertz CT molecular complexity index is 738. The van der Waals surface area contributed by atoms with Crippen LogP contribution in [0.3, 0.4) is 0 Å². The lowest BCUT2D eigenvalue weighted by Gasteiger charge is -2.11. The van der Waals surface area contributed by atoms with E-state index in [1.807, 2.05) is 18.2 Å². The van der Waals surface area contributed by atoms with Gasteiger partial charge in [-0.3, -0.25) is 0 Å². The fourth-order valence-corrected chi connectivity index (χ4v) is 3.18. The van der Waals surface area contributed by atoms with Crippen LogP contribution in [0.25, 0.3) is 0 Å². The van der Waals surface area contributed by atoms with E-state index in [2.05, 4.69) is 18.0 Å². The second kappa shape index (κ2) is 9.60. The summed E-state index contributed by atoms with van der Waals surface area (Å²) in [5.74, 6) is 2.29. The third-order valence-corrected chi connectivity index (χ3v) is 4.57. The maximum absolute atomic E-state index is 13.6. The number of nitrogens with one attached hydrogen (secondary N) is 1. The van der Waals surface area contributed by atoms with Gasteiger partial charge in [0.2, 0.25) is 0 Å². The Morgan fingerprint density at radius 2 is 2.04 bits per heavy atom. The van der Waals surface area contributed by atoms with Crippen molar-refractivity contribution in [3.05, 3.63) is 72.1 Å². The van der Waals surface area contributed by atoms with Gasteiger partial charge in [-0.1, -0.05) is 30.9 Å². The van der Waals surface area contributed by atoms with Crippen LogP contribution in [-0.2, 0) is 6.54 Å². The van der Waals surface area contributed by atoms with Gasteiger partial charge < -0.3 is 14.8 Å². The summed E-state index contributed by atoms with van der Waals surface area (Å²) in [6.45, 7) is 5.74. The summed E-state index contributed by atoms with van der Waals surface area (Å²) in [6, 6.07) is 12.8. The summed E-state index contributed by atoms with van der Waals surface area (Å²) in [5, 5.41) is 3.48. The predicted octanol–water partition coefficient (Wildman–Crippen LogP) is 4.71. The van der Waals surface area contributed by atoms with Gasteiger partial charge in [-0.25, -0.2) is 4.39 Å². The van der Waals surface area contributed by atoms with E-state index in [0.29, 0.717) is 18.4 Å². The van der Waals surface area contributed by atoms with Crippen molar-refractivity contribution in [3.8, 4) is 11.5 Å². The lowest BCUT2D eigenvalue weighted by Crippen LogP contribution is -2.17. The molecule has 1 aliphatic rings. The van der Waals surface area contributed by atoms with Crippen molar-refractivity contribution in [2.24, 2.45) is 5.92 Å². The van der Waals surface area contributed by atoms with Crippen LogP contribution in [0.2, 0.25) is 0 Å². The molecule has 0 saturated heterocycles. The average molecular weight is 378 g/mol. The van der Waals surface area contributed by atoms with Crippen LogP contribution in [0.5, 0.6) is 11.5 Å². The molecule has 0 spiro atoms. The quantitative estimate of drug-likeness (QED) is 0.642. The monoisotopic (exact) mass is 377 g/mol. The third-order valence-electron chi connectivity index (χ3n) is 4.57. The van der Waals surface area contributed by atoms with Gasteiger partial charge in [0.1, 0.15) is 23.9 Å². The van der Waals surface area contributed by atoms with E-state index in [9.17, 15) is 4.39 Å². The molecule has 2 aromatic carbocycles. The first-order valence-corrected chi connectivity index (χ1v) is 8.58. The molecular weight excluding hydrogens is 353 g/mol. The van der Waals surface area contributed by atoms with Crippen molar-refractivity contribution in [2.75, 3.05) is 20.3 Å². The van der Waals surface area contributed by atoms with E-state index in [1.165, 1.54) is 6.07 Å². The number of ether oxygens (including phenoxy) is 2. The second-order valence-corrected chi connectivity index (χ2v) is 6.33. The van der Waals surface area contributed by atoms with Crippen LogP contribution >= 0.6 is 12.4 Å². The van der Waals surface area contributed by atoms with Gasteiger partial charge in [-0.15, -0.1) is 12.4 Å². The summed E-state index contributed by atoms with van der Waals surface area (Å²) in [6.07, 6.45) is 2.75. The Hall–Kier alpha value is -2.04. The number of methoxy groups -OCH3 is 1. The zero-order valence-electron chi connectivity index (χ0n) is 14.9. The van der Waals surface area contributed by atoms with Gasteiger partial charge in [-0.05, 0) is 49.1 Å². The van der Waals surface area contributed by atoms with E-state index < -0.39 is 0 Å². The topological polar surface area (TPSA) is 30.5 Å². The Kier molecular flexibility index (Phi) is 7.49. The van der Waals surface area contributed by atoms with Gasteiger partial charge in [0.25, 0.3) is 0 Å². The minimum absolute atomic E-state index is 0. The fraction of sp³-hybridized carbons (Fsp3) is 0.333. The van der Waals surface area contributed by atoms with Gasteiger partial charge in [0.05, 0.1) is 7.11 Å². The molecular formula is C21H25ClFNO2. The fourth-order valence-electron chi connectivity index (χ4n) is 3.18. The normalized spacial score (nSPS) is 17.9. The lowest BCUT2D eigenvalue weighted by atomic mass is 10.1. The Morgan fingerprint density at radius 1 is 1.23 bits per heavy atom. The molecule has 0 heterocycles. The Balaban J connectivity index is 0.00000243. The van der Waals surface area contributed by atoms with Crippen molar-refractivity contribution in [1.82, 2.24) is 5.32 Å². The molecule has 5 heteroatoms. The predicted molar refractivity (Wildman–Crippen MR) is 105 cm³/mol. The van der Waals surface area contributed by atoms with Crippen LogP contribution in [0, 0.1) is 11.7 Å². The number of rotatable bonds is 9. The molecule has 140 valence electrons. The molecule has 26 heavy (non-hydrogen) atoms. The summed E-state index contributed by atoms with van der Waals surface area (Å²) >= 11 is 0. The van der Waals surface area contributed by atoms with Gasteiger partial charge in [0.15, 0.2) is 0 Å². The van der Waals surface area contributed by atoms with Crippen LogP contribution in [0.15, 0.2) is 55.1 Å². The number of hydrogen-bond acceptors (Lipinski definition) is 3. The highest BCUT2D eigenvalue weighted by atomic mass is 35.5. The first-order valence-electron chi connectivity index (χ1n) is 8.58. The minimum Gasteiger partial charge on any atom is -0.496 e. The van der Waals surface area contributed by atoms with E-state index >= 15 is 0 Å². The lowest BCUT2D eigenvalue weighted by molar-refractivity contribution is 0.357. The summed E-state index contributed by atoms with van der Waals surface area (Å²) in [7, 11) is 1.69. The molecule has 0 amide bonds. The highest BCUT2D eigenvalue weighted by molar-refractivity contribution is 5.85. The Labute approximate surface area is 160 Å². The molecule has 3 rings (SSSR count). The molecule has 1 N–H and O–H groups in total. The van der Waals surface area contributed by atoms with Crippen LogP contribution in [0.1, 0.15) is 23.5 Å². The largest absolute Gasteiger partial charge is 0.496 e. The molecule has 0 bridgehead atoms. The average Bonchev–Trinajstić information content (AvgIpc) is 3.40. The second-order valence-electron chi connectivity index (χ2n) is 6.33. The molecule has 0 aliphatic heterocycles. The van der Waals surface area contributed by atoms with E-state index in [-0.39, 0.29) is 18.2 Å². The smallest absolute Gasteiger partial charge is 0.123 e. The molecule has 2 atom stereocenters.